The van der Waals surface area contributed by atoms with Gasteiger partial charge in [0.2, 0.25) is 0 Å². The summed E-state index contributed by atoms with van der Waals surface area (Å²) >= 11 is 0. The molecule has 1 fully saturated rings. The number of carbonyl (C=O) groups excluding carboxylic acids is 1. The lowest BCUT2D eigenvalue weighted by molar-refractivity contribution is 0.136. The zero-order valence-corrected chi connectivity index (χ0v) is 9.76. The molecule has 0 aromatic heterocycles. The Kier molecular flexibility index (Phi) is 3.98. The molecular weight excluding hydrogens is 216 g/mol. The summed E-state index contributed by atoms with van der Waals surface area (Å²) in [6.07, 6.45) is 2.42. The second-order valence-corrected chi connectivity index (χ2v) is 4.48. The minimum atomic E-state index is -0.354. The summed E-state index contributed by atoms with van der Waals surface area (Å²) < 4.78 is 5.13. The van der Waals surface area contributed by atoms with Crippen LogP contribution in [0.4, 0.5) is 4.79 Å². The summed E-state index contributed by atoms with van der Waals surface area (Å²) in [5, 5.41) is 2.84. The van der Waals surface area contributed by atoms with Crippen molar-refractivity contribution in [3.63, 3.8) is 0 Å². The van der Waals surface area contributed by atoms with Crippen molar-refractivity contribution in [3.05, 3.63) is 35.9 Å². The maximum absolute atomic E-state index is 11.5. The lowest BCUT2D eigenvalue weighted by atomic mass is 10.2. The van der Waals surface area contributed by atoms with Crippen LogP contribution in [0.3, 0.4) is 0 Å². The molecule has 0 spiro atoms. The highest BCUT2D eigenvalue weighted by molar-refractivity contribution is 5.67. The summed E-state index contributed by atoms with van der Waals surface area (Å²) in [6, 6.07) is 10.0. The Morgan fingerprint density at radius 2 is 2.12 bits per heavy atom. The van der Waals surface area contributed by atoms with Crippen LogP contribution < -0.4 is 11.1 Å². The first-order valence-corrected chi connectivity index (χ1v) is 5.97. The van der Waals surface area contributed by atoms with Crippen LogP contribution in [0.15, 0.2) is 30.3 Å². The van der Waals surface area contributed by atoms with Gasteiger partial charge in [-0.05, 0) is 24.8 Å². The third-order valence-corrected chi connectivity index (χ3v) is 3.01. The van der Waals surface area contributed by atoms with Gasteiger partial charge in [0, 0.05) is 12.1 Å². The van der Waals surface area contributed by atoms with E-state index in [1.165, 1.54) is 0 Å². The molecule has 4 heteroatoms. The van der Waals surface area contributed by atoms with E-state index in [2.05, 4.69) is 5.32 Å². The average molecular weight is 234 g/mol. The van der Waals surface area contributed by atoms with Crippen LogP contribution in [0.5, 0.6) is 0 Å². The van der Waals surface area contributed by atoms with E-state index in [1.54, 1.807) is 0 Å². The van der Waals surface area contributed by atoms with Crippen LogP contribution in [0.25, 0.3) is 0 Å². The Bertz CT molecular complexity index is 367. The first kappa shape index (κ1) is 11.9. The fourth-order valence-corrected chi connectivity index (χ4v) is 2.08. The second kappa shape index (κ2) is 5.68. The summed E-state index contributed by atoms with van der Waals surface area (Å²) in [4.78, 5) is 11.5. The van der Waals surface area contributed by atoms with Crippen molar-refractivity contribution >= 4 is 6.09 Å². The molecular formula is C13H18N2O2. The molecule has 0 bridgehead atoms. The molecule has 0 saturated heterocycles. The predicted octanol–water partition coefficient (Wildman–Crippen LogP) is 1.79. The maximum atomic E-state index is 11.5. The van der Waals surface area contributed by atoms with Crippen molar-refractivity contribution in [1.82, 2.24) is 5.32 Å². The Morgan fingerprint density at radius 1 is 1.35 bits per heavy atom. The normalized spacial score (nSPS) is 23.4. The summed E-state index contributed by atoms with van der Waals surface area (Å²) in [5.41, 5.74) is 6.77. The molecule has 17 heavy (non-hydrogen) atoms. The Labute approximate surface area is 101 Å². The number of nitrogens with one attached hydrogen (secondary N) is 1. The summed E-state index contributed by atoms with van der Waals surface area (Å²) in [6.45, 7) is 0.311. The van der Waals surface area contributed by atoms with Crippen molar-refractivity contribution < 1.29 is 9.53 Å². The summed E-state index contributed by atoms with van der Waals surface area (Å²) in [5.74, 6) is 0. The largest absolute Gasteiger partial charge is 0.445 e. The molecule has 3 N–H and O–H groups in total. The van der Waals surface area contributed by atoms with Crippen molar-refractivity contribution in [2.45, 2.75) is 38.0 Å². The molecule has 2 atom stereocenters. The number of nitrogens with two attached hydrogens (primary N) is 1. The van der Waals surface area contributed by atoms with Gasteiger partial charge in [0.05, 0.1) is 0 Å². The topological polar surface area (TPSA) is 64.3 Å². The third-order valence-electron chi connectivity index (χ3n) is 3.01. The predicted molar refractivity (Wildman–Crippen MR) is 65.4 cm³/mol. The summed E-state index contributed by atoms with van der Waals surface area (Å²) in [7, 11) is 0. The smallest absolute Gasteiger partial charge is 0.407 e. The molecule has 4 nitrogen and oxygen atoms in total. The molecule has 2 rings (SSSR count). The quantitative estimate of drug-likeness (QED) is 0.838. The van der Waals surface area contributed by atoms with Gasteiger partial charge in [-0.2, -0.15) is 0 Å². The number of alkyl carbamates (subject to hydrolysis) is 1. The van der Waals surface area contributed by atoms with Gasteiger partial charge in [-0.3, -0.25) is 0 Å². The minimum Gasteiger partial charge on any atom is -0.445 e. The highest BCUT2D eigenvalue weighted by atomic mass is 16.5. The van der Waals surface area contributed by atoms with Gasteiger partial charge in [-0.25, -0.2) is 4.79 Å². The van der Waals surface area contributed by atoms with E-state index < -0.39 is 0 Å². The van der Waals surface area contributed by atoms with E-state index in [0.717, 1.165) is 24.8 Å². The average Bonchev–Trinajstić information content (AvgIpc) is 2.73. The molecule has 1 amide bonds. The van der Waals surface area contributed by atoms with E-state index in [0.29, 0.717) is 6.61 Å². The van der Waals surface area contributed by atoms with Crippen LogP contribution in [0, 0.1) is 0 Å². The number of hydrogen-bond acceptors (Lipinski definition) is 3. The van der Waals surface area contributed by atoms with Crippen LogP contribution in [-0.2, 0) is 11.3 Å². The van der Waals surface area contributed by atoms with Gasteiger partial charge in [-0.1, -0.05) is 30.3 Å². The Morgan fingerprint density at radius 3 is 2.76 bits per heavy atom. The van der Waals surface area contributed by atoms with Crippen LogP contribution in [0.2, 0.25) is 0 Å². The molecule has 1 aliphatic carbocycles. The number of ether oxygens (including phenoxy) is 1. The number of benzene rings is 1. The van der Waals surface area contributed by atoms with E-state index in [9.17, 15) is 4.79 Å². The van der Waals surface area contributed by atoms with Crippen LogP contribution >= 0.6 is 0 Å². The first-order valence-electron chi connectivity index (χ1n) is 5.97. The highest BCUT2D eigenvalue weighted by Crippen LogP contribution is 2.17. The Hall–Kier alpha value is -1.55. The standard InChI is InChI=1S/C13H18N2O2/c14-11-6-7-12(8-11)15-13(16)17-9-10-4-2-1-3-5-10/h1-5,11-12H,6-9,14H2,(H,15,16). The Balaban J connectivity index is 1.71. The van der Waals surface area contributed by atoms with Crippen LogP contribution in [-0.4, -0.2) is 18.2 Å². The number of hydrogen-bond donors (Lipinski definition) is 2. The van der Waals surface area contributed by atoms with Crippen molar-refractivity contribution in [2.24, 2.45) is 5.73 Å². The second-order valence-electron chi connectivity index (χ2n) is 4.48. The van der Waals surface area contributed by atoms with Gasteiger partial charge in [0.1, 0.15) is 6.61 Å². The maximum Gasteiger partial charge on any atom is 0.407 e. The van der Waals surface area contributed by atoms with Gasteiger partial charge in [-0.15, -0.1) is 0 Å². The fraction of sp³-hybridized carbons (Fsp3) is 0.462. The van der Waals surface area contributed by atoms with Crippen molar-refractivity contribution in [3.8, 4) is 0 Å². The molecule has 1 aromatic rings. The third kappa shape index (κ3) is 3.75. The molecule has 0 heterocycles. The van der Waals surface area contributed by atoms with E-state index in [-0.39, 0.29) is 18.2 Å². The monoisotopic (exact) mass is 234 g/mol. The number of amides is 1. The zero-order valence-electron chi connectivity index (χ0n) is 9.76. The molecule has 1 saturated carbocycles. The SMILES string of the molecule is NC1CCC(NC(=O)OCc2ccccc2)C1. The van der Waals surface area contributed by atoms with Crippen molar-refractivity contribution in [2.75, 3.05) is 0 Å². The lowest BCUT2D eigenvalue weighted by Gasteiger charge is -2.12. The number of rotatable bonds is 3. The van der Waals surface area contributed by atoms with Crippen LogP contribution in [0.1, 0.15) is 24.8 Å². The van der Waals surface area contributed by atoms with E-state index >= 15 is 0 Å². The zero-order chi connectivity index (χ0) is 12.1. The molecule has 1 aliphatic rings. The number of carbonyl (C=O) groups is 1. The fourth-order valence-electron chi connectivity index (χ4n) is 2.08. The van der Waals surface area contributed by atoms with Gasteiger partial charge >= 0.3 is 6.09 Å². The van der Waals surface area contributed by atoms with Crippen molar-refractivity contribution in [1.29, 1.82) is 0 Å². The molecule has 92 valence electrons. The lowest BCUT2D eigenvalue weighted by Crippen LogP contribution is -2.34. The highest BCUT2D eigenvalue weighted by Gasteiger charge is 2.23. The van der Waals surface area contributed by atoms with Gasteiger partial charge < -0.3 is 15.8 Å². The first-order chi connectivity index (χ1) is 8.24. The molecule has 0 radical (unpaired) electrons. The van der Waals surface area contributed by atoms with Gasteiger partial charge in [0.15, 0.2) is 0 Å². The van der Waals surface area contributed by atoms with E-state index in [1.807, 2.05) is 30.3 Å². The molecule has 2 unspecified atom stereocenters. The van der Waals surface area contributed by atoms with Gasteiger partial charge in [0.25, 0.3) is 0 Å². The molecule has 1 aromatic carbocycles. The molecule has 0 aliphatic heterocycles. The van der Waals surface area contributed by atoms with E-state index in [4.69, 9.17) is 10.5 Å². The minimum absolute atomic E-state index is 0.174.